The van der Waals surface area contributed by atoms with E-state index < -0.39 is 5.91 Å². The lowest BCUT2D eigenvalue weighted by Crippen LogP contribution is -2.49. The zero-order valence-electron chi connectivity index (χ0n) is 11.0. The second kappa shape index (κ2) is 6.16. The van der Waals surface area contributed by atoms with E-state index in [1.807, 2.05) is 17.7 Å². The number of carbonyl (C=O) groups excluding carboxylic acids is 2. The molecule has 0 bridgehead atoms. The van der Waals surface area contributed by atoms with Crippen molar-refractivity contribution >= 4 is 23.2 Å². The molecule has 0 saturated carbocycles. The van der Waals surface area contributed by atoms with Crippen LogP contribution in [0, 0.1) is 6.92 Å². The van der Waals surface area contributed by atoms with E-state index in [-0.39, 0.29) is 18.5 Å². The van der Waals surface area contributed by atoms with E-state index in [0.717, 1.165) is 31.5 Å². The summed E-state index contributed by atoms with van der Waals surface area (Å²) in [4.78, 5) is 25.4. The summed E-state index contributed by atoms with van der Waals surface area (Å²) < 4.78 is 0. The number of hydrogen-bond acceptors (Lipinski definition) is 4. The minimum Gasteiger partial charge on any atom is -0.368 e. The number of nitrogens with two attached hydrogens (primary N) is 1. The maximum absolute atomic E-state index is 12.6. The van der Waals surface area contributed by atoms with Crippen LogP contribution in [0.4, 0.5) is 0 Å². The maximum atomic E-state index is 12.6. The van der Waals surface area contributed by atoms with Crippen molar-refractivity contribution in [3.8, 4) is 0 Å². The summed E-state index contributed by atoms with van der Waals surface area (Å²) in [5.74, 6) is -0.538. The van der Waals surface area contributed by atoms with E-state index >= 15 is 0 Å². The van der Waals surface area contributed by atoms with E-state index in [1.54, 1.807) is 4.90 Å². The first-order chi connectivity index (χ1) is 9.09. The van der Waals surface area contributed by atoms with Crippen LogP contribution in [0.1, 0.15) is 28.8 Å². The molecule has 19 heavy (non-hydrogen) atoms. The van der Waals surface area contributed by atoms with Gasteiger partial charge >= 0.3 is 0 Å². The van der Waals surface area contributed by atoms with E-state index in [9.17, 15) is 9.59 Å². The minimum absolute atomic E-state index is 0.00120. The number of piperidine rings is 1. The highest BCUT2D eigenvalue weighted by molar-refractivity contribution is 7.08. The highest BCUT2D eigenvalue weighted by atomic mass is 32.1. The van der Waals surface area contributed by atoms with Gasteiger partial charge in [0, 0.05) is 11.4 Å². The Labute approximate surface area is 116 Å². The number of aryl methyl sites for hydroxylation is 1. The van der Waals surface area contributed by atoms with Crippen LogP contribution < -0.4 is 11.1 Å². The van der Waals surface area contributed by atoms with Crippen LogP contribution in [0.5, 0.6) is 0 Å². The van der Waals surface area contributed by atoms with Gasteiger partial charge in [-0.25, -0.2) is 0 Å². The Balaban J connectivity index is 2.19. The summed E-state index contributed by atoms with van der Waals surface area (Å²) in [5.41, 5.74) is 6.93. The first kappa shape index (κ1) is 14.0. The van der Waals surface area contributed by atoms with Crippen molar-refractivity contribution in [3.63, 3.8) is 0 Å². The first-order valence-electron chi connectivity index (χ1n) is 6.42. The van der Waals surface area contributed by atoms with Gasteiger partial charge in [0.1, 0.15) is 0 Å². The Bertz CT molecular complexity index is 466. The fourth-order valence-electron chi connectivity index (χ4n) is 2.39. The Morgan fingerprint density at radius 3 is 2.63 bits per heavy atom. The predicted octanol–water partition coefficient (Wildman–Crippen LogP) is 0.736. The van der Waals surface area contributed by atoms with E-state index in [0.29, 0.717) is 5.56 Å². The number of thiophene rings is 1. The van der Waals surface area contributed by atoms with Gasteiger partial charge in [0.05, 0.1) is 12.1 Å². The van der Waals surface area contributed by atoms with Crippen molar-refractivity contribution in [2.24, 2.45) is 5.73 Å². The van der Waals surface area contributed by atoms with Gasteiger partial charge in [-0.2, -0.15) is 11.3 Å². The minimum atomic E-state index is -0.459. The molecule has 0 spiro atoms. The molecule has 0 atom stereocenters. The van der Waals surface area contributed by atoms with Gasteiger partial charge in [-0.05, 0) is 43.8 Å². The molecular weight excluding hydrogens is 262 g/mol. The molecule has 0 aliphatic carbocycles. The maximum Gasteiger partial charge on any atom is 0.255 e. The normalized spacial score (nSPS) is 16.3. The van der Waals surface area contributed by atoms with Crippen molar-refractivity contribution in [2.45, 2.75) is 25.8 Å². The number of nitrogens with one attached hydrogen (secondary N) is 1. The van der Waals surface area contributed by atoms with Crippen LogP contribution in [-0.4, -0.2) is 42.4 Å². The molecule has 2 amide bonds. The summed E-state index contributed by atoms with van der Waals surface area (Å²) in [5, 5.41) is 7.04. The van der Waals surface area contributed by atoms with Crippen LogP contribution in [0.25, 0.3) is 0 Å². The van der Waals surface area contributed by atoms with Crippen molar-refractivity contribution in [1.82, 2.24) is 10.2 Å². The van der Waals surface area contributed by atoms with Gasteiger partial charge in [0.2, 0.25) is 5.91 Å². The van der Waals surface area contributed by atoms with Crippen LogP contribution in [0.3, 0.4) is 0 Å². The summed E-state index contributed by atoms with van der Waals surface area (Å²) >= 11 is 1.50. The van der Waals surface area contributed by atoms with Crippen LogP contribution >= 0.6 is 11.3 Å². The van der Waals surface area contributed by atoms with Crippen LogP contribution in [-0.2, 0) is 4.79 Å². The Morgan fingerprint density at radius 2 is 2.11 bits per heavy atom. The van der Waals surface area contributed by atoms with E-state index in [2.05, 4.69) is 5.32 Å². The molecule has 1 aliphatic rings. The number of rotatable bonds is 4. The second-order valence-electron chi connectivity index (χ2n) is 4.85. The smallest absolute Gasteiger partial charge is 0.255 e. The zero-order chi connectivity index (χ0) is 13.8. The molecular formula is C13H19N3O2S. The van der Waals surface area contributed by atoms with Gasteiger partial charge < -0.3 is 16.0 Å². The molecule has 2 rings (SSSR count). The fourth-order valence-corrected chi connectivity index (χ4v) is 3.21. The number of primary amides is 1. The third kappa shape index (κ3) is 3.33. The molecule has 1 fully saturated rings. The Morgan fingerprint density at radius 1 is 1.42 bits per heavy atom. The molecule has 1 aromatic heterocycles. The third-order valence-corrected chi connectivity index (χ3v) is 4.28. The monoisotopic (exact) mass is 281 g/mol. The standard InChI is InChI=1S/C13H19N3O2S/c1-9-7-19-8-11(9)13(18)16(6-12(14)17)10-2-4-15-5-3-10/h7-8,10,15H,2-6H2,1H3,(H2,14,17). The van der Waals surface area contributed by atoms with E-state index in [1.165, 1.54) is 11.3 Å². The number of carbonyl (C=O) groups is 2. The lowest BCUT2D eigenvalue weighted by atomic mass is 10.0. The Hall–Kier alpha value is -1.40. The average molecular weight is 281 g/mol. The van der Waals surface area contributed by atoms with Gasteiger partial charge in [-0.15, -0.1) is 0 Å². The van der Waals surface area contributed by atoms with Crippen molar-refractivity contribution in [2.75, 3.05) is 19.6 Å². The molecule has 0 aromatic carbocycles. The summed E-state index contributed by atoms with van der Waals surface area (Å²) in [6.45, 7) is 3.65. The molecule has 1 aliphatic heterocycles. The molecule has 0 unspecified atom stereocenters. The lowest BCUT2D eigenvalue weighted by Gasteiger charge is -2.34. The third-order valence-electron chi connectivity index (χ3n) is 3.42. The largest absolute Gasteiger partial charge is 0.368 e. The predicted molar refractivity (Wildman–Crippen MR) is 75.2 cm³/mol. The average Bonchev–Trinajstić information content (AvgIpc) is 2.82. The molecule has 6 heteroatoms. The van der Waals surface area contributed by atoms with E-state index in [4.69, 9.17) is 5.73 Å². The molecule has 2 heterocycles. The van der Waals surface area contributed by atoms with Crippen molar-refractivity contribution in [3.05, 3.63) is 21.9 Å². The zero-order valence-corrected chi connectivity index (χ0v) is 11.8. The van der Waals surface area contributed by atoms with Gasteiger partial charge in [-0.3, -0.25) is 9.59 Å². The molecule has 3 N–H and O–H groups in total. The van der Waals surface area contributed by atoms with Crippen molar-refractivity contribution in [1.29, 1.82) is 0 Å². The summed E-state index contributed by atoms with van der Waals surface area (Å²) in [6.07, 6.45) is 1.73. The lowest BCUT2D eigenvalue weighted by molar-refractivity contribution is -0.119. The highest BCUT2D eigenvalue weighted by Crippen LogP contribution is 2.20. The number of nitrogens with zero attached hydrogens (tertiary/aromatic N) is 1. The topological polar surface area (TPSA) is 75.4 Å². The Kier molecular flexibility index (Phi) is 4.55. The molecule has 1 saturated heterocycles. The SMILES string of the molecule is Cc1cscc1C(=O)N(CC(N)=O)C1CCNCC1. The summed E-state index contributed by atoms with van der Waals surface area (Å²) in [7, 11) is 0. The van der Waals surface area contributed by atoms with Gasteiger partial charge in [0.25, 0.3) is 5.91 Å². The number of amides is 2. The first-order valence-corrected chi connectivity index (χ1v) is 7.36. The van der Waals surface area contributed by atoms with Crippen LogP contribution in [0.2, 0.25) is 0 Å². The second-order valence-corrected chi connectivity index (χ2v) is 5.59. The summed E-state index contributed by atoms with van der Waals surface area (Å²) in [6, 6.07) is 0.0977. The quantitative estimate of drug-likeness (QED) is 0.854. The fraction of sp³-hybridized carbons (Fsp3) is 0.538. The molecule has 1 aromatic rings. The molecule has 5 nitrogen and oxygen atoms in total. The molecule has 104 valence electrons. The van der Waals surface area contributed by atoms with Crippen molar-refractivity contribution < 1.29 is 9.59 Å². The van der Waals surface area contributed by atoms with Crippen LogP contribution in [0.15, 0.2) is 10.8 Å². The number of hydrogen-bond donors (Lipinski definition) is 2. The molecule has 0 radical (unpaired) electrons. The van der Waals surface area contributed by atoms with Gasteiger partial charge in [0.15, 0.2) is 0 Å². The van der Waals surface area contributed by atoms with Gasteiger partial charge in [-0.1, -0.05) is 0 Å². The highest BCUT2D eigenvalue weighted by Gasteiger charge is 2.28.